The minimum atomic E-state index is -1.05. The fourth-order valence-corrected chi connectivity index (χ4v) is 4.58. The number of rotatable bonds is 8. The van der Waals surface area contributed by atoms with Gasteiger partial charge >= 0.3 is 5.97 Å². The van der Waals surface area contributed by atoms with E-state index < -0.39 is 17.6 Å². The summed E-state index contributed by atoms with van der Waals surface area (Å²) in [6, 6.07) is 10.5. The summed E-state index contributed by atoms with van der Waals surface area (Å²) in [5, 5.41) is 13.3. The van der Waals surface area contributed by atoms with Gasteiger partial charge in [-0.2, -0.15) is 0 Å². The first-order valence-corrected chi connectivity index (χ1v) is 11.7. The monoisotopic (exact) mass is 491 g/mol. The lowest BCUT2D eigenvalue weighted by molar-refractivity contribution is 0.0696. The molecule has 1 amide bonds. The molecule has 0 fully saturated rings. The van der Waals surface area contributed by atoms with Gasteiger partial charge in [-0.3, -0.25) is 9.78 Å². The zero-order valence-electron chi connectivity index (χ0n) is 20.3. The van der Waals surface area contributed by atoms with Crippen molar-refractivity contribution in [2.24, 2.45) is 0 Å². The number of aromatic carboxylic acids is 1. The normalized spacial score (nSPS) is 11.3. The Morgan fingerprint density at radius 1 is 1.08 bits per heavy atom. The van der Waals surface area contributed by atoms with E-state index in [0.29, 0.717) is 35.0 Å². The fourth-order valence-electron chi connectivity index (χ4n) is 4.58. The molecule has 2 aromatic carbocycles. The number of amides is 1. The van der Waals surface area contributed by atoms with E-state index in [9.17, 15) is 23.5 Å². The van der Waals surface area contributed by atoms with E-state index in [4.69, 9.17) is 0 Å². The van der Waals surface area contributed by atoms with Gasteiger partial charge in [0.25, 0.3) is 5.91 Å². The SMILES string of the molecule is CCc1cc(C(=O)O)cc2c1c(C(=O)NCc1ccc(F)c(F)c1)c(C(C)C)n2Cc1cccnc1. The lowest BCUT2D eigenvalue weighted by atomic mass is 9.97. The molecule has 0 aliphatic rings. The van der Waals surface area contributed by atoms with E-state index in [0.717, 1.165) is 29.0 Å². The number of fused-ring (bicyclic) bond motifs is 1. The van der Waals surface area contributed by atoms with Gasteiger partial charge in [-0.1, -0.05) is 32.9 Å². The van der Waals surface area contributed by atoms with Crippen molar-refractivity contribution < 1.29 is 23.5 Å². The molecule has 0 saturated carbocycles. The highest BCUT2D eigenvalue weighted by Gasteiger charge is 2.27. The second-order valence-electron chi connectivity index (χ2n) is 8.98. The molecule has 0 aliphatic heterocycles. The van der Waals surface area contributed by atoms with Gasteiger partial charge in [-0.05, 0) is 59.4 Å². The van der Waals surface area contributed by atoms with Gasteiger partial charge < -0.3 is 15.0 Å². The van der Waals surface area contributed by atoms with Crippen LogP contribution in [0.1, 0.15) is 69.8 Å². The largest absolute Gasteiger partial charge is 0.478 e. The number of benzene rings is 2. The Hall–Kier alpha value is -4.07. The standard InChI is InChI=1S/C28H27F2N3O3/c1-4-19-11-20(28(35)36)12-23-24(19)25(27(34)32-14-17-7-8-21(29)22(30)10-17)26(16(2)3)33(23)15-18-6-5-9-31-13-18/h5-13,16H,4,14-15H2,1-3H3,(H,32,34)(H,35,36). The summed E-state index contributed by atoms with van der Waals surface area (Å²) in [4.78, 5) is 29.7. The Bertz CT molecular complexity index is 1450. The second-order valence-corrected chi connectivity index (χ2v) is 8.98. The molecule has 186 valence electrons. The average Bonchev–Trinajstić information content (AvgIpc) is 3.19. The number of carboxylic acid groups (broad SMARTS) is 1. The highest BCUT2D eigenvalue weighted by molar-refractivity contribution is 6.11. The van der Waals surface area contributed by atoms with Crippen molar-refractivity contribution >= 4 is 22.8 Å². The molecule has 4 rings (SSSR count). The molecule has 2 N–H and O–H groups in total. The topological polar surface area (TPSA) is 84.2 Å². The molecule has 2 heterocycles. The van der Waals surface area contributed by atoms with Crippen molar-refractivity contribution in [1.82, 2.24) is 14.9 Å². The first-order chi connectivity index (χ1) is 17.2. The van der Waals surface area contributed by atoms with Crippen molar-refractivity contribution in [3.63, 3.8) is 0 Å². The number of hydrogen-bond acceptors (Lipinski definition) is 3. The van der Waals surface area contributed by atoms with Crippen LogP contribution in [0.15, 0.2) is 54.9 Å². The predicted octanol–water partition coefficient (Wildman–Crippen LogP) is 5.68. The third-order valence-corrected chi connectivity index (χ3v) is 6.19. The molecule has 4 aromatic rings. The number of halogens is 2. The smallest absolute Gasteiger partial charge is 0.335 e. The van der Waals surface area contributed by atoms with Crippen LogP contribution in [-0.2, 0) is 19.5 Å². The molecular weight excluding hydrogens is 464 g/mol. The molecule has 8 heteroatoms. The number of hydrogen-bond donors (Lipinski definition) is 2. The minimum Gasteiger partial charge on any atom is -0.478 e. The highest BCUT2D eigenvalue weighted by atomic mass is 19.2. The lowest BCUT2D eigenvalue weighted by Crippen LogP contribution is -2.25. The van der Waals surface area contributed by atoms with Crippen LogP contribution in [0.3, 0.4) is 0 Å². The van der Waals surface area contributed by atoms with Gasteiger partial charge in [0.15, 0.2) is 11.6 Å². The van der Waals surface area contributed by atoms with Gasteiger partial charge in [0, 0.05) is 36.6 Å². The van der Waals surface area contributed by atoms with Crippen LogP contribution >= 0.6 is 0 Å². The summed E-state index contributed by atoms with van der Waals surface area (Å²) in [7, 11) is 0. The maximum Gasteiger partial charge on any atom is 0.335 e. The second kappa shape index (κ2) is 10.3. The molecule has 2 aromatic heterocycles. The number of carbonyl (C=O) groups is 2. The summed E-state index contributed by atoms with van der Waals surface area (Å²) in [5.74, 6) is -3.41. The summed E-state index contributed by atoms with van der Waals surface area (Å²) in [6.07, 6.45) is 3.94. The minimum absolute atomic E-state index is 0.0114. The molecule has 0 bridgehead atoms. The van der Waals surface area contributed by atoms with E-state index in [1.807, 2.05) is 37.5 Å². The maximum atomic E-state index is 13.7. The van der Waals surface area contributed by atoms with Gasteiger partial charge in [-0.15, -0.1) is 0 Å². The predicted molar refractivity (Wildman–Crippen MR) is 133 cm³/mol. The number of carboxylic acids is 1. The van der Waals surface area contributed by atoms with Crippen LogP contribution < -0.4 is 5.32 Å². The van der Waals surface area contributed by atoms with Crippen LogP contribution in [0.5, 0.6) is 0 Å². The third-order valence-electron chi connectivity index (χ3n) is 6.19. The zero-order chi connectivity index (χ0) is 26.0. The van der Waals surface area contributed by atoms with Gasteiger partial charge in [0.1, 0.15) is 0 Å². The third kappa shape index (κ3) is 4.84. The summed E-state index contributed by atoms with van der Waals surface area (Å²) in [6.45, 7) is 6.28. The van der Waals surface area contributed by atoms with Gasteiger partial charge in [0.05, 0.1) is 16.6 Å². The molecule has 0 spiro atoms. The Morgan fingerprint density at radius 3 is 2.47 bits per heavy atom. The van der Waals surface area contributed by atoms with Crippen molar-refractivity contribution in [3.8, 4) is 0 Å². The van der Waals surface area contributed by atoms with E-state index >= 15 is 0 Å². The summed E-state index contributed by atoms with van der Waals surface area (Å²) >= 11 is 0. The van der Waals surface area contributed by atoms with Crippen molar-refractivity contribution in [1.29, 1.82) is 0 Å². The van der Waals surface area contributed by atoms with Crippen LogP contribution in [-0.4, -0.2) is 26.5 Å². The number of nitrogens with zero attached hydrogens (tertiary/aromatic N) is 2. The van der Waals surface area contributed by atoms with E-state index in [1.54, 1.807) is 24.5 Å². The molecule has 36 heavy (non-hydrogen) atoms. The Morgan fingerprint density at radius 2 is 1.86 bits per heavy atom. The Labute approximate surface area is 207 Å². The van der Waals surface area contributed by atoms with E-state index in [-0.39, 0.29) is 23.9 Å². The molecule has 0 saturated heterocycles. The van der Waals surface area contributed by atoms with Crippen LogP contribution in [0, 0.1) is 11.6 Å². The molecule has 0 aliphatic carbocycles. The first-order valence-electron chi connectivity index (χ1n) is 11.7. The van der Waals surface area contributed by atoms with Crippen LogP contribution in [0.2, 0.25) is 0 Å². The fraction of sp³-hybridized carbons (Fsp3) is 0.250. The Kier molecular flexibility index (Phi) is 7.15. The average molecular weight is 492 g/mol. The quantitative estimate of drug-likeness (QED) is 0.332. The van der Waals surface area contributed by atoms with Crippen molar-refractivity contribution in [2.45, 2.75) is 46.2 Å². The molecular formula is C28H27F2N3O3. The number of pyridine rings is 1. The lowest BCUT2D eigenvalue weighted by Gasteiger charge is -2.15. The number of aromatic nitrogens is 2. The molecule has 0 radical (unpaired) electrons. The number of nitrogens with one attached hydrogen (secondary N) is 1. The molecule has 0 unspecified atom stereocenters. The number of carbonyl (C=O) groups excluding carboxylic acids is 1. The highest BCUT2D eigenvalue weighted by Crippen LogP contribution is 2.35. The summed E-state index contributed by atoms with van der Waals surface area (Å²) < 4.78 is 29.0. The van der Waals surface area contributed by atoms with Gasteiger partial charge in [-0.25, -0.2) is 13.6 Å². The number of aryl methyl sites for hydroxylation is 1. The summed E-state index contributed by atoms with van der Waals surface area (Å²) in [5.41, 5.74) is 4.09. The zero-order valence-corrected chi connectivity index (χ0v) is 20.3. The van der Waals surface area contributed by atoms with Crippen LogP contribution in [0.25, 0.3) is 10.9 Å². The Balaban J connectivity index is 1.89. The molecule has 0 atom stereocenters. The van der Waals surface area contributed by atoms with Crippen molar-refractivity contribution in [3.05, 3.63) is 100 Å². The first kappa shape index (κ1) is 25.0. The van der Waals surface area contributed by atoms with Crippen LogP contribution in [0.4, 0.5) is 8.78 Å². The maximum absolute atomic E-state index is 13.7. The van der Waals surface area contributed by atoms with E-state index in [1.165, 1.54) is 6.07 Å². The van der Waals surface area contributed by atoms with Gasteiger partial charge in [0.2, 0.25) is 0 Å². The van der Waals surface area contributed by atoms with Crippen molar-refractivity contribution in [2.75, 3.05) is 0 Å². The molecule has 6 nitrogen and oxygen atoms in total. The van der Waals surface area contributed by atoms with E-state index in [2.05, 4.69) is 10.3 Å².